The smallest absolute Gasteiger partial charge is 0.344 e. The first kappa shape index (κ1) is 24.8. The fourth-order valence-corrected chi connectivity index (χ4v) is 3.76. The van der Waals surface area contributed by atoms with Gasteiger partial charge in [0.2, 0.25) is 0 Å². The molecule has 0 saturated carbocycles. The Hall–Kier alpha value is -3.87. The molecular weight excluding hydrogens is 432 g/mol. The van der Waals surface area contributed by atoms with Crippen LogP contribution in [-0.4, -0.2) is 21.6 Å². The highest BCUT2D eigenvalue weighted by atomic mass is 16.5. The number of esters is 1. The summed E-state index contributed by atoms with van der Waals surface area (Å²) in [5.74, 6) is -2.04. The van der Waals surface area contributed by atoms with E-state index in [1.807, 2.05) is 42.5 Å². The Labute approximate surface area is 198 Å². The molecule has 0 aliphatic rings. The Morgan fingerprint density at radius 3 is 2.18 bits per heavy atom. The average Bonchev–Trinajstić information content (AvgIpc) is 2.79. The molecule has 2 aromatic carbocycles. The number of pyridine rings is 1. The number of nitrogens with two attached hydrogens (primary N) is 1. The quantitative estimate of drug-likeness (QED) is 0.512. The van der Waals surface area contributed by atoms with Gasteiger partial charge in [-0.05, 0) is 29.0 Å². The average molecular weight is 463 g/mol. The first-order valence-electron chi connectivity index (χ1n) is 11.0. The summed E-state index contributed by atoms with van der Waals surface area (Å²) in [6, 6.07) is 17.0. The van der Waals surface area contributed by atoms with Crippen molar-refractivity contribution in [1.82, 2.24) is 4.57 Å². The number of ether oxygens (including phenoxy) is 1. The van der Waals surface area contributed by atoms with Gasteiger partial charge in [0.05, 0.1) is 5.69 Å². The van der Waals surface area contributed by atoms with Gasteiger partial charge in [-0.1, -0.05) is 75.4 Å². The zero-order chi connectivity index (χ0) is 25.0. The number of rotatable bonds is 7. The van der Waals surface area contributed by atoms with Gasteiger partial charge >= 0.3 is 11.9 Å². The number of aliphatic carboxylic acids is 1. The molecule has 0 bridgehead atoms. The van der Waals surface area contributed by atoms with E-state index >= 15 is 0 Å². The van der Waals surface area contributed by atoms with E-state index < -0.39 is 24.0 Å². The fourth-order valence-electron chi connectivity index (χ4n) is 3.76. The molecule has 7 nitrogen and oxygen atoms in total. The van der Waals surface area contributed by atoms with Gasteiger partial charge in [0.1, 0.15) is 18.7 Å². The highest BCUT2D eigenvalue weighted by molar-refractivity contribution is 5.93. The standard InChI is InChI=1S/C27H30N2O5/c1-17-24(28)21(14-18-10-12-20(13-11-18)27(2,3)4)23(25(32)29(17)15-22(30)31)26(33)34-16-19-8-6-5-7-9-19/h5-13H,14-16,28H2,1-4H3,(H,30,31). The molecule has 0 amide bonds. The van der Waals surface area contributed by atoms with Crippen LogP contribution in [0.4, 0.5) is 5.69 Å². The molecule has 0 aliphatic heterocycles. The summed E-state index contributed by atoms with van der Waals surface area (Å²) in [6.45, 7) is 7.30. The number of hydrogen-bond donors (Lipinski definition) is 2. The third-order valence-electron chi connectivity index (χ3n) is 5.79. The molecule has 178 valence electrons. The van der Waals surface area contributed by atoms with Crippen LogP contribution < -0.4 is 11.3 Å². The molecule has 7 heteroatoms. The molecule has 1 heterocycles. The normalized spacial score (nSPS) is 11.3. The van der Waals surface area contributed by atoms with Crippen LogP contribution in [0.15, 0.2) is 59.4 Å². The monoisotopic (exact) mass is 462 g/mol. The van der Waals surface area contributed by atoms with E-state index in [0.29, 0.717) is 11.3 Å². The van der Waals surface area contributed by atoms with E-state index in [4.69, 9.17) is 10.5 Å². The second kappa shape index (κ2) is 9.95. The zero-order valence-electron chi connectivity index (χ0n) is 19.9. The molecule has 3 rings (SSSR count). The summed E-state index contributed by atoms with van der Waals surface area (Å²) in [5.41, 5.74) is 9.00. The predicted octanol–water partition coefficient (Wildman–Crippen LogP) is 4.07. The number of aromatic nitrogens is 1. The predicted molar refractivity (Wildman–Crippen MR) is 131 cm³/mol. The maximum absolute atomic E-state index is 13.3. The van der Waals surface area contributed by atoms with Crippen molar-refractivity contribution in [2.24, 2.45) is 0 Å². The van der Waals surface area contributed by atoms with Crippen LogP contribution in [0.2, 0.25) is 0 Å². The summed E-state index contributed by atoms with van der Waals surface area (Å²) in [4.78, 5) is 37.7. The number of anilines is 1. The van der Waals surface area contributed by atoms with Gasteiger partial charge in [0.15, 0.2) is 0 Å². The summed E-state index contributed by atoms with van der Waals surface area (Å²) < 4.78 is 6.44. The summed E-state index contributed by atoms with van der Waals surface area (Å²) in [6.07, 6.45) is 0.232. The van der Waals surface area contributed by atoms with Gasteiger partial charge < -0.3 is 15.6 Å². The van der Waals surface area contributed by atoms with Gasteiger partial charge in [-0.25, -0.2) is 4.79 Å². The topological polar surface area (TPSA) is 112 Å². The Balaban J connectivity index is 2.05. The minimum Gasteiger partial charge on any atom is -0.480 e. The van der Waals surface area contributed by atoms with Crippen LogP contribution >= 0.6 is 0 Å². The van der Waals surface area contributed by atoms with Gasteiger partial charge in [-0.15, -0.1) is 0 Å². The number of nitrogens with zero attached hydrogens (tertiary/aromatic N) is 1. The van der Waals surface area contributed by atoms with Crippen molar-refractivity contribution in [3.05, 3.63) is 98.5 Å². The summed E-state index contributed by atoms with van der Waals surface area (Å²) >= 11 is 0. The lowest BCUT2D eigenvalue weighted by molar-refractivity contribution is -0.137. The van der Waals surface area contributed by atoms with E-state index in [0.717, 1.165) is 21.3 Å². The molecule has 0 saturated heterocycles. The minimum atomic E-state index is -1.21. The second-order valence-electron chi connectivity index (χ2n) is 9.32. The molecule has 34 heavy (non-hydrogen) atoms. The first-order chi connectivity index (χ1) is 16.0. The lowest BCUT2D eigenvalue weighted by Gasteiger charge is -2.20. The van der Waals surface area contributed by atoms with Crippen molar-refractivity contribution in [3.8, 4) is 0 Å². The minimum absolute atomic E-state index is 0.0160. The largest absolute Gasteiger partial charge is 0.480 e. The Bertz CT molecular complexity index is 1250. The summed E-state index contributed by atoms with van der Waals surface area (Å²) in [7, 11) is 0. The van der Waals surface area contributed by atoms with Crippen LogP contribution in [0.25, 0.3) is 0 Å². The molecule has 0 unspecified atom stereocenters. The SMILES string of the molecule is Cc1c(N)c(Cc2ccc(C(C)(C)C)cc2)c(C(=O)OCc2ccccc2)c(=O)n1CC(=O)O. The molecule has 0 aliphatic carbocycles. The number of carboxylic acid groups (broad SMARTS) is 1. The van der Waals surface area contributed by atoms with Crippen molar-refractivity contribution >= 4 is 17.6 Å². The number of nitrogen functional groups attached to an aromatic ring is 1. The van der Waals surface area contributed by atoms with Crippen LogP contribution in [0.1, 0.15) is 59.1 Å². The number of carbonyl (C=O) groups excluding carboxylic acids is 1. The van der Waals surface area contributed by atoms with E-state index in [1.54, 1.807) is 19.1 Å². The Kier molecular flexibility index (Phi) is 7.25. The highest BCUT2D eigenvalue weighted by Crippen LogP contribution is 2.26. The first-order valence-corrected chi connectivity index (χ1v) is 11.0. The fraction of sp³-hybridized carbons (Fsp3) is 0.296. The Morgan fingerprint density at radius 2 is 1.62 bits per heavy atom. The lowest BCUT2D eigenvalue weighted by atomic mass is 9.86. The van der Waals surface area contributed by atoms with Gasteiger partial charge in [0.25, 0.3) is 5.56 Å². The maximum Gasteiger partial charge on any atom is 0.344 e. The second-order valence-corrected chi connectivity index (χ2v) is 9.32. The van der Waals surface area contributed by atoms with Crippen molar-refractivity contribution in [3.63, 3.8) is 0 Å². The molecule has 0 radical (unpaired) electrons. The van der Waals surface area contributed by atoms with Gasteiger partial charge in [0, 0.05) is 17.7 Å². The molecule has 0 atom stereocenters. The number of carbonyl (C=O) groups is 2. The maximum atomic E-state index is 13.3. The molecule has 3 aromatic rings. The number of hydrogen-bond acceptors (Lipinski definition) is 5. The van der Waals surface area contributed by atoms with Crippen molar-refractivity contribution in [1.29, 1.82) is 0 Å². The van der Waals surface area contributed by atoms with E-state index in [2.05, 4.69) is 20.8 Å². The molecule has 0 spiro atoms. The molecular formula is C27H30N2O5. The van der Waals surface area contributed by atoms with Crippen molar-refractivity contribution in [2.75, 3.05) is 5.73 Å². The molecule has 0 fully saturated rings. The number of benzene rings is 2. The lowest BCUT2D eigenvalue weighted by Crippen LogP contribution is -2.34. The van der Waals surface area contributed by atoms with Crippen molar-refractivity contribution in [2.45, 2.75) is 52.7 Å². The highest BCUT2D eigenvalue weighted by Gasteiger charge is 2.26. The Morgan fingerprint density at radius 1 is 1.00 bits per heavy atom. The van der Waals surface area contributed by atoms with E-state index in [1.165, 1.54) is 0 Å². The van der Waals surface area contributed by atoms with Crippen LogP contribution in [0.5, 0.6) is 0 Å². The van der Waals surface area contributed by atoms with E-state index in [-0.39, 0.29) is 29.7 Å². The van der Waals surface area contributed by atoms with Gasteiger partial charge in [-0.3, -0.25) is 14.2 Å². The summed E-state index contributed by atoms with van der Waals surface area (Å²) in [5, 5.41) is 9.27. The van der Waals surface area contributed by atoms with Crippen LogP contribution in [0.3, 0.4) is 0 Å². The van der Waals surface area contributed by atoms with E-state index in [9.17, 15) is 19.5 Å². The number of carboxylic acids is 1. The zero-order valence-corrected chi connectivity index (χ0v) is 19.9. The van der Waals surface area contributed by atoms with Crippen LogP contribution in [0, 0.1) is 6.92 Å². The third kappa shape index (κ3) is 5.54. The van der Waals surface area contributed by atoms with Crippen molar-refractivity contribution < 1.29 is 19.4 Å². The molecule has 3 N–H and O–H groups in total. The van der Waals surface area contributed by atoms with Gasteiger partial charge in [-0.2, -0.15) is 0 Å². The third-order valence-corrected chi connectivity index (χ3v) is 5.79. The van der Waals surface area contributed by atoms with Crippen LogP contribution in [-0.2, 0) is 34.5 Å². The molecule has 1 aromatic heterocycles.